The lowest BCUT2D eigenvalue weighted by molar-refractivity contribution is -0.523. The van der Waals surface area contributed by atoms with Crippen LogP contribution < -0.4 is 0 Å². The van der Waals surface area contributed by atoms with Crippen molar-refractivity contribution in [3.63, 3.8) is 0 Å². The predicted octanol–water partition coefficient (Wildman–Crippen LogP) is 6.85. The van der Waals surface area contributed by atoms with Crippen LogP contribution in [-0.2, 0) is 8.85 Å². The van der Waals surface area contributed by atoms with Gasteiger partial charge in [-0.2, -0.15) is 96.6 Å². The minimum atomic E-state index is -7.98. The molecule has 0 aromatic carbocycles. The van der Waals surface area contributed by atoms with Gasteiger partial charge in [0.1, 0.15) is 0 Å². The predicted molar refractivity (Wildman–Crippen MR) is 70.9 cm³/mol. The van der Waals surface area contributed by atoms with Gasteiger partial charge in [-0.3, -0.25) is 0 Å². The van der Waals surface area contributed by atoms with Crippen LogP contribution >= 0.6 is 0 Å². The van der Waals surface area contributed by atoms with Crippen molar-refractivity contribution in [3.8, 4) is 0 Å². The van der Waals surface area contributed by atoms with Crippen LogP contribution in [0.3, 0.4) is 0 Å². The molecular formula is C13H3F22O2Si. The Morgan fingerprint density at radius 2 is 0.421 bits per heavy atom. The Bertz CT molecular complexity index is 836. The van der Waals surface area contributed by atoms with E-state index >= 15 is 0 Å². The summed E-state index contributed by atoms with van der Waals surface area (Å²) in [5, 5.41) is 0. The third-order valence-electron chi connectivity index (χ3n) is 5.34. The third-order valence-corrected chi connectivity index (χ3v) is 6.48. The minimum Gasteiger partial charge on any atom is -0.351 e. The molecule has 0 amide bonds. The first-order chi connectivity index (χ1) is 16.1. The van der Waals surface area contributed by atoms with E-state index in [9.17, 15) is 96.6 Å². The Morgan fingerprint density at radius 1 is 0.289 bits per heavy atom. The molecule has 2 rings (SSSR count). The van der Waals surface area contributed by atoms with Crippen molar-refractivity contribution in [1.29, 1.82) is 0 Å². The number of rotatable bonds is 4. The molecule has 0 atom stereocenters. The summed E-state index contributed by atoms with van der Waals surface area (Å²) >= 11 is 0. The van der Waals surface area contributed by atoms with Gasteiger partial charge in [0.25, 0.3) is 0 Å². The monoisotopic (exact) mass is 637 g/mol. The standard InChI is InChI=1S/C13H3F22O2Si/c1-38(36-12(34)8(26,27)4(18,19)2(14,15)5(20,21)9(12,28)29)37-13(35)10(30,31)6(22,23)3(16,17)7(24,25)11(13,32)33/h1H3. The lowest BCUT2D eigenvalue weighted by Gasteiger charge is -2.53. The van der Waals surface area contributed by atoms with Crippen molar-refractivity contribution in [3.05, 3.63) is 0 Å². The van der Waals surface area contributed by atoms with Crippen molar-refractivity contribution in [1.82, 2.24) is 0 Å². The van der Waals surface area contributed by atoms with E-state index in [1.54, 1.807) is 0 Å². The number of halogens is 22. The molecule has 0 aromatic heterocycles. The topological polar surface area (TPSA) is 18.5 Å². The number of alkyl halides is 22. The fourth-order valence-electron chi connectivity index (χ4n) is 3.06. The maximum absolute atomic E-state index is 14.4. The maximum atomic E-state index is 14.4. The highest BCUT2D eigenvalue weighted by atomic mass is 28.3. The van der Waals surface area contributed by atoms with Gasteiger partial charge in [-0.15, -0.1) is 0 Å². The molecule has 0 unspecified atom stereocenters. The van der Waals surface area contributed by atoms with E-state index in [1.807, 2.05) is 0 Å². The molecule has 2 aliphatic rings. The van der Waals surface area contributed by atoms with Crippen LogP contribution in [-0.4, -0.2) is 80.2 Å². The van der Waals surface area contributed by atoms with Crippen molar-refractivity contribution in [2.75, 3.05) is 0 Å². The van der Waals surface area contributed by atoms with Gasteiger partial charge >= 0.3 is 80.2 Å². The van der Waals surface area contributed by atoms with E-state index < -0.39 is 86.8 Å². The first kappa shape index (κ1) is 32.8. The van der Waals surface area contributed by atoms with Gasteiger partial charge in [0.2, 0.25) is 0 Å². The number of hydrogen-bond acceptors (Lipinski definition) is 2. The van der Waals surface area contributed by atoms with Crippen LogP contribution in [0, 0.1) is 0 Å². The molecule has 2 aliphatic carbocycles. The lowest BCUT2D eigenvalue weighted by atomic mass is 9.79. The highest BCUT2D eigenvalue weighted by Crippen LogP contribution is 2.72. The smallest absolute Gasteiger partial charge is 0.351 e. The van der Waals surface area contributed by atoms with Gasteiger partial charge in [-0.25, -0.2) is 0 Å². The highest BCUT2D eigenvalue weighted by Gasteiger charge is 3.04. The number of hydrogen-bond donors (Lipinski definition) is 0. The van der Waals surface area contributed by atoms with Crippen LogP contribution in [0.25, 0.3) is 0 Å². The third kappa shape index (κ3) is 2.87. The molecule has 225 valence electrons. The van der Waals surface area contributed by atoms with Crippen molar-refractivity contribution in [2.45, 2.75) is 77.5 Å². The Labute approximate surface area is 193 Å². The van der Waals surface area contributed by atoms with E-state index in [2.05, 4.69) is 8.85 Å². The molecule has 0 aliphatic heterocycles. The first-order valence-electron chi connectivity index (χ1n) is 8.47. The van der Waals surface area contributed by atoms with Crippen molar-refractivity contribution in [2.24, 2.45) is 0 Å². The van der Waals surface area contributed by atoms with Crippen LogP contribution in [0.15, 0.2) is 0 Å². The molecule has 0 saturated heterocycles. The zero-order valence-corrected chi connectivity index (χ0v) is 17.6. The van der Waals surface area contributed by atoms with Gasteiger partial charge in [-0.1, -0.05) is 0 Å². The van der Waals surface area contributed by atoms with Crippen molar-refractivity contribution >= 4 is 9.28 Å². The second-order valence-corrected chi connectivity index (χ2v) is 9.02. The van der Waals surface area contributed by atoms with Gasteiger partial charge in [0.15, 0.2) is 0 Å². The van der Waals surface area contributed by atoms with Crippen LogP contribution in [0.2, 0.25) is 6.55 Å². The molecule has 0 aromatic rings. The first-order valence-corrected chi connectivity index (χ1v) is 10.3. The Morgan fingerprint density at radius 3 is 0.579 bits per heavy atom. The zero-order chi connectivity index (χ0) is 31.0. The largest absolute Gasteiger partial charge is 0.386 e. The van der Waals surface area contributed by atoms with E-state index in [4.69, 9.17) is 0 Å². The highest BCUT2D eigenvalue weighted by molar-refractivity contribution is 6.42. The lowest BCUT2D eigenvalue weighted by Crippen LogP contribution is -2.86. The summed E-state index contributed by atoms with van der Waals surface area (Å²) in [7, 11) is -6.15. The van der Waals surface area contributed by atoms with E-state index in [1.165, 1.54) is 0 Å². The second kappa shape index (κ2) is 7.46. The van der Waals surface area contributed by atoms with Gasteiger partial charge in [-0.05, 0) is 6.55 Å². The molecule has 2 fully saturated rings. The molecule has 0 heterocycles. The summed E-state index contributed by atoms with van der Waals surface area (Å²) in [5.41, 5.74) is 0. The maximum Gasteiger partial charge on any atom is 0.386 e. The average Bonchev–Trinajstić information content (AvgIpc) is 2.70. The SMILES string of the molecule is C[Si](OC1(F)C(F)(F)C(F)(F)C(F)(F)C(F)(F)C1(F)F)OC1(F)C(F)(F)C(F)(F)C(F)(F)C(F)(F)C1(F)F. The molecule has 38 heavy (non-hydrogen) atoms. The summed E-state index contributed by atoms with van der Waals surface area (Å²) in [4.78, 5) is 0. The summed E-state index contributed by atoms with van der Waals surface area (Å²) in [6, 6.07) is 0. The molecule has 25 heteroatoms. The van der Waals surface area contributed by atoms with Gasteiger partial charge in [0, 0.05) is 0 Å². The van der Waals surface area contributed by atoms with E-state index in [0.717, 1.165) is 0 Å². The summed E-state index contributed by atoms with van der Waals surface area (Å²) < 4.78 is 303. The van der Waals surface area contributed by atoms with Crippen LogP contribution in [0.4, 0.5) is 96.6 Å². The van der Waals surface area contributed by atoms with Crippen LogP contribution in [0.1, 0.15) is 0 Å². The fraction of sp³-hybridized carbons (Fsp3) is 1.00. The molecule has 2 nitrogen and oxygen atoms in total. The Kier molecular flexibility index (Phi) is 6.44. The zero-order valence-electron chi connectivity index (χ0n) is 16.6. The summed E-state index contributed by atoms with van der Waals surface area (Å²) in [6.07, 6.45) is 0. The van der Waals surface area contributed by atoms with E-state index in [-0.39, 0.29) is 0 Å². The van der Waals surface area contributed by atoms with E-state index in [0.29, 0.717) is 0 Å². The molecule has 0 N–H and O–H groups in total. The molecule has 0 bridgehead atoms. The summed E-state index contributed by atoms with van der Waals surface area (Å²) in [6.45, 7) is -0.905. The molecule has 2 saturated carbocycles. The van der Waals surface area contributed by atoms with Crippen molar-refractivity contribution < 1.29 is 105 Å². The van der Waals surface area contributed by atoms with Gasteiger partial charge < -0.3 is 8.85 Å². The summed E-state index contributed by atoms with van der Waals surface area (Å²) in [5.74, 6) is -95.0. The quantitative estimate of drug-likeness (QED) is 0.248. The second-order valence-electron chi connectivity index (χ2n) is 7.63. The minimum absolute atomic E-state index is 0.905. The Hall–Kier alpha value is -1.40. The molecular weight excluding hydrogens is 634 g/mol. The molecule has 0 spiro atoms. The fourth-order valence-corrected chi connectivity index (χ4v) is 4.40. The average molecular weight is 637 g/mol. The molecule has 1 radical (unpaired) electrons. The van der Waals surface area contributed by atoms with Crippen LogP contribution in [0.5, 0.6) is 0 Å². The van der Waals surface area contributed by atoms with Gasteiger partial charge in [0.05, 0.1) is 0 Å². The Balaban J connectivity index is 2.71. The normalized spacial score (nSPS) is 33.5.